The molecule has 2 heterocycles. The summed E-state index contributed by atoms with van der Waals surface area (Å²) in [4.78, 5) is 7.35. The summed E-state index contributed by atoms with van der Waals surface area (Å²) in [7, 11) is -2.24. The average Bonchev–Trinajstić information content (AvgIpc) is 3.00. The summed E-state index contributed by atoms with van der Waals surface area (Å²) in [5.41, 5.74) is 1.63. The molecule has 21 heavy (non-hydrogen) atoms. The number of aromatic amines is 1. The Morgan fingerprint density at radius 2 is 2.14 bits per heavy atom. The first kappa shape index (κ1) is 14.1. The molecule has 7 nitrogen and oxygen atoms in total. The normalized spacial score (nSPS) is 12.1. The lowest BCUT2D eigenvalue weighted by Gasteiger charge is -2.05. The number of imidazole rings is 1. The van der Waals surface area contributed by atoms with Crippen LogP contribution in [0.3, 0.4) is 0 Å². The Morgan fingerprint density at radius 3 is 2.81 bits per heavy atom. The first-order valence-corrected chi connectivity index (χ1v) is 7.94. The van der Waals surface area contributed by atoms with Crippen LogP contribution in [0, 0.1) is 0 Å². The standard InChI is InChI=1S/C12H12ClN5O2S/c1-18-12(8(13)6-14-18)21(19,20)15-7-11-16-9-4-2-3-5-10(9)17-11/h2-6,15H,7H2,1H3,(H,16,17). The van der Waals surface area contributed by atoms with Gasteiger partial charge in [0.1, 0.15) is 5.82 Å². The lowest BCUT2D eigenvalue weighted by molar-refractivity contribution is 0.561. The molecule has 2 N–H and O–H groups in total. The number of nitrogens with zero attached hydrogens (tertiary/aromatic N) is 3. The van der Waals surface area contributed by atoms with Crippen LogP contribution in [0.15, 0.2) is 35.5 Å². The third kappa shape index (κ3) is 2.65. The van der Waals surface area contributed by atoms with Crippen molar-refractivity contribution < 1.29 is 8.42 Å². The van der Waals surface area contributed by atoms with Gasteiger partial charge in [-0.25, -0.2) is 18.1 Å². The molecular formula is C12H12ClN5O2S. The van der Waals surface area contributed by atoms with E-state index in [4.69, 9.17) is 11.6 Å². The molecule has 0 atom stereocenters. The Morgan fingerprint density at radius 1 is 1.38 bits per heavy atom. The number of halogens is 1. The molecule has 0 aliphatic rings. The number of hydrogen-bond acceptors (Lipinski definition) is 4. The molecule has 3 aromatic rings. The maximum Gasteiger partial charge on any atom is 0.259 e. The predicted octanol–water partition coefficient (Wildman–Crippen LogP) is 1.43. The lowest BCUT2D eigenvalue weighted by Crippen LogP contribution is -2.26. The summed E-state index contributed by atoms with van der Waals surface area (Å²) in [5.74, 6) is 0.526. The van der Waals surface area contributed by atoms with E-state index in [1.807, 2.05) is 24.3 Å². The highest BCUT2D eigenvalue weighted by atomic mass is 35.5. The minimum atomic E-state index is -3.76. The van der Waals surface area contributed by atoms with E-state index in [1.54, 1.807) is 0 Å². The van der Waals surface area contributed by atoms with E-state index in [9.17, 15) is 8.42 Å². The summed E-state index contributed by atoms with van der Waals surface area (Å²) in [6.45, 7) is 0.0402. The van der Waals surface area contributed by atoms with E-state index in [0.29, 0.717) is 5.82 Å². The summed E-state index contributed by atoms with van der Waals surface area (Å²) < 4.78 is 28.1. The van der Waals surface area contributed by atoms with Gasteiger partial charge in [-0.1, -0.05) is 23.7 Å². The fourth-order valence-electron chi connectivity index (χ4n) is 2.02. The Balaban J connectivity index is 1.84. The number of aryl methyl sites for hydroxylation is 1. The van der Waals surface area contributed by atoms with Gasteiger partial charge in [-0.05, 0) is 12.1 Å². The number of nitrogens with one attached hydrogen (secondary N) is 2. The zero-order valence-corrected chi connectivity index (χ0v) is 12.6. The topological polar surface area (TPSA) is 92.7 Å². The van der Waals surface area contributed by atoms with Gasteiger partial charge in [0.05, 0.1) is 28.8 Å². The van der Waals surface area contributed by atoms with Crippen LogP contribution < -0.4 is 4.72 Å². The van der Waals surface area contributed by atoms with E-state index in [0.717, 1.165) is 11.0 Å². The molecule has 0 saturated heterocycles. The second-order valence-electron chi connectivity index (χ2n) is 4.45. The quantitative estimate of drug-likeness (QED) is 0.759. The van der Waals surface area contributed by atoms with Crippen molar-refractivity contribution in [2.75, 3.05) is 0 Å². The van der Waals surface area contributed by atoms with Gasteiger partial charge in [0.2, 0.25) is 0 Å². The van der Waals surface area contributed by atoms with Crippen molar-refractivity contribution in [1.82, 2.24) is 24.5 Å². The van der Waals surface area contributed by atoms with Gasteiger partial charge in [0.15, 0.2) is 5.03 Å². The molecule has 2 aromatic heterocycles. The molecule has 0 bridgehead atoms. The van der Waals surface area contributed by atoms with Crippen LogP contribution in [-0.4, -0.2) is 28.2 Å². The number of hydrogen-bond donors (Lipinski definition) is 2. The molecular weight excluding hydrogens is 314 g/mol. The first-order valence-electron chi connectivity index (χ1n) is 6.08. The van der Waals surface area contributed by atoms with E-state index in [-0.39, 0.29) is 16.6 Å². The van der Waals surface area contributed by atoms with Crippen LogP contribution in [-0.2, 0) is 23.6 Å². The molecule has 0 aliphatic heterocycles. The first-order chi connectivity index (χ1) is 9.97. The molecule has 1 aromatic carbocycles. The van der Waals surface area contributed by atoms with Gasteiger partial charge in [-0.2, -0.15) is 5.10 Å². The second-order valence-corrected chi connectivity index (χ2v) is 6.54. The van der Waals surface area contributed by atoms with E-state index in [1.165, 1.54) is 17.9 Å². The monoisotopic (exact) mass is 325 g/mol. The Labute approximate surface area is 126 Å². The second kappa shape index (κ2) is 5.14. The highest BCUT2D eigenvalue weighted by molar-refractivity contribution is 7.89. The minimum Gasteiger partial charge on any atom is -0.341 e. The molecule has 0 saturated carbocycles. The molecule has 0 unspecified atom stereocenters. The highest BCUT2D eigenvalue weighted by Gasteiger charge is 2.22. The number of benzene rings is 1. The van der Waals surface area contributed by atoms with E-state index >= 15 is 0 Å². The van der Waals surface area contributed by atoms with Crippen molar-refractivity contribution in [3.05, 3.63) is 41.3 Å². The average molecular weight is 326 g/mol. The van der Waals surface area contributed by atoms with Gasteiger partial charge < -0.3 is 4.98 Å². The summed E-state index contributed by atoms with van der Waals surface area (Å²) in [5, 5.41) is 3.82. The van der Waals surface area contributed by atoms with Crippen LogP contribution >= 0.6 is 11.6 Å². The number of sulfonamides is 1. The Bertz CT molecular complexity index is 847. The predicted molar refractivity (Wildman–Crippen MR) is 78.3 cm³/mol. The van der Waals surface area contributed by atoms with Gasteiger partial charge in [0.25, 0.3) is 10.0 Å². The number of para-hydroxylation sites is 2. The molecule has 0 fully saturated rings. The zero-order chi connectivity index (χ0) is 15.0. The summed E-state index contributed by atoms with van der Waals surface area (Å²) in [6.07, 6.45) is 1.29. The lowest BCUT2D eigenvalue weighted by atomic mass is 10.3. The third-order valence-electron chi connectivity index (χ3n) is 2.97. The van der Waals surface area contributed by atoms with Crippen LogP contribution in [0.4, 0.5) is 0 Å². The largest absolute Gasteiger partial charge is 0.341 e. The Kier molecular flexibility index (Phi) is 3.44. The minimum absolute atomic E-state index is 0.0402. The van der Waals surface area contributed by atoms with Crippen LogP contribution in [0.25, 0.3) is 11.0 Å². The van der Waals surface area contributed by atoms with Crippen LogP contribution in [0.1, 0.15) is 5.82 Å². The molecule has 0 amide bonds. The van der Waals surface area contributed by atoms with Crippen LogP contribution in [0.5, 0.6) is 0 Å². The smallest absolute Gasteiger partial charge is 0.259 e. The molecule has 9 heteroatoms. The van der Waals surface area contributed by atoms with Gasteiger partial charge in [-0.3, -0.25) is 4.68 Å². The third-order valence-corrected chi connectivity index (χ3v) is 4.87. The summed E-state index contributed by atoms with van der Waals surface area (Å²) in [6, 6.07) is 7.47. The SMILES string of the molecule is Cn1ncc(Cl)c1S(=O)(=O)NCc1nc2ccccc2[nH]1. The van der Waals surface area contributed by atoms with Gasteiger partial charge >= 0.3 is 0 Å². The highest BCUT2D eigenvalue weighted by Crippen LogP contribution is 2.19. The molecule has 110 valence electrons. The van der Waals surface area contributed by atoms with Crippen molar-refractivity contribution in [1.29, 1.82) is 0 Å². The van der Waals surface area contributed by atoms with Gasteiger partial charge in [0, 0.05) is 7.05 Å². The van der Waals surface area contributed by atoms with Crippen molar-refractivity contribution in [2.24, 2.45) is 7.05 Å². The van der Waals surface area contributed by atoms with Crippen molar-refractivity contribution in [3.8, 4) is 0 Å². The molecule has 0 aliphatic carbocycles. The number of rotatable bonds is 4. The fraction of sp³-hybridized carbons (Fsp3) is 0.167. The fourth-order valence-corrected chi connectivity index (χ4v) is 3.66. The van der Waals surface area contributed by atoms with E-state index in [2.05, 4.69) is 19.8 Å². The van der Waals surface area contributed by atoms with Crippen molar-refractivity contribution in [2.45, 2.75) is 11.6 Å². The maximum absolute atomic E-state index is 12.2. The van der Waals surface area contributed by atoms with E-state index < -0.39 is 10.0 Å². The molecule has 3 rings (SSSR count). The van der Waals surface area contributed by atoms with Crippen molar-refractivity contribution >= 4 is 32.7 Å². The molecule has 0 spiro atoms. The molecule has 0 radical (unpaired) electrons. The summed E-state index contributed by atoms with van der Waals surface area (Å²) >= 11 is 5.85. The number of aromatic nitrogens is 4. The number of H-pyrrole nitrogens is 1. The zero-order valence-electron chi connectivity index (χ0n) is 11.0. The Hall–Kier alpha value is -1.90. The van der Waals surface area contributed by atoms with Crippen molar-refractivity contribution in [3.63, 3.8) is 0 Å². The maximum atomic E-state index is 12.2. The van der Waals surface area contributed by atoms with Gasteiger partial charge in [-0.15, -0.1) is 0 Å². The van der Waals surface area contributed by atoms with Crippen LogP contribution in [0.2, 0.25) is 5.02 Å². The number of fused-ring (bicyclic) bond motifs is 1.